The van der Waals surface area contributed by atoms with E-state index in [0.717, 1.165) is 18.5 Å². The standard InChI is InChI=1S/C17H20FN3/c1-12(17-11-19-9-10-20-17)21-16-4-2-3-15(16)13-5-7-14(18)8-6-13/h5-12,15-16,21H,2-4H2,1H3. The molecule has 3 unspecified atom stereocenters. The molecule has 110 valence electrons. The van der Waals surface area contributed by atoms with E-state index in [9.17, 15) is 4.39 Å². The van der Waals surface area contributed by atoms with E-state index in [4.69, 9.17) is 0 Å². The molecule has 1 heterocycles. The fourth-order valence-electron chi connectivity index (χ4n) is 3.21. The van der Waals surface area contributed by atoms with E-state index in [1.165, 1.54) is 12.0 Å². The zero-order valence-electron chi connectivity index (χ0n) is 12.2. The fraction of sp³-hybridized carbons (Fsp3) is 0.412. The second kappa shape index (κ2) is 6.31. The minimum atomic E-state index is -0.172. The molecular weight excluding hydrogens is 265 g/mol. The van der Waals surface area contributed by atoms with Crippen molar-refractivity contribution < 1.29 is 4.39 Å². The summed E-state index contributed by atoms with van der Waals surface area (Å²) in [4.78, 5) is 8.48. The summed E-state index contributed by atoms with van der Waals surface area (Å²) in [7, 11) is 0. The molecule has 0 saturated heterocycles. The van der Waals surface area contributed by atoms with E-state index in [-0.39, 0.29) is 11.9 Å². The first-order valence-electron chi connectivity index (χ1n) is 7.51. The summed E-state index contributed by atoms with van der Waals surface area (Å²) >= 11 is 0. The molecule has 1 aromatic carbocycles. The van der Waals surface area contributed by atoms with Crippen molar-refractivity contribution in [3.05, 3.63) is 59.9 Å². The highest BCUT2D eigenvalue weighted by Crippen LogP contribution is 2.35. The molecule has 1 aromatic heterocycles. The van der Waals surface area contributed by atoms with Crippen molar-refractivity contribution >= 4 is 0 Å². The van der Waals surface area contributed by atoms with Crippen LogP contribution in [0.25, 0.3) is 0 Å². The Morgan fingerprint density at radius 3 is 2.71 bits per heavy atom. The Morgan fingerprint density at radius 1 is 1.19 bits per heavy atom. The minimum absolute atomic E-state index is 0.171. The molecular formula is C17H20FN3. The normalized spacial score (nSPS) is 23.1. The summed E-state index contributed by atoms with van der Waals surface area (Å²) in [6.45, 7) is 2.12. The van der Waals surface area contributed by atoms with E-state index < -0.39 is 0 Å². The molecule has 0 spiro atoms. The number of hydrogen-bond donors (Lipinski definition) is 1. The smallest absolute Gasteiger partial charge is 0.123 e. The van der Waals surface area contributed by atoms with Gasteiger partial charge in [-0.3, -0.25) is 9.97 Å². The molecule has 1 N–H and O–H groups in total. The Labute approximate surface area is 124 Å². The molecule has 2 aromatic rings. The predicted molar refractivity (Wildman–Crippen MR) is 80.4 cm³/mol. The van der Waals surface area contributed by atoms with Crippen LogP contribution >= 0.6 is 0 Å². The van der Waals surface area contributed by atoms with E-state index in [2.05, 4.69) is 22.2 Å². The number of hydrogen-bond acceptors (Lipinski definition) is 3. The molecule has 0 aliphatic heterocycles. The first-order valence-corrected chi connectivity index (χ1v) is 7.51. The van der Waals surface area contributed by atoms with Crippen LogP contribution in [0.1, 0.15) is 49.4 Å². The Hall–Kier alpha value is -1.81. The number of nitrogens with zero attached hydrogens (tertiary/aromatic N) is 2. The van der Waals surface area contributed by atoms with E-state index in [1.807, 2.05) is 12.1 Å². The molecule has 1 fully saturated rings. The SMILES string of the molecule is CC(NC1CCCC1c1ccc(F)cc1)c1cnccn1. The molecule has 1 aliphatic carbocycles. The third-order valence-corrected chi connectivity index (χ3v) is 4.30. The van der Waals surface area contributed by atoms with Gasteiger partial charge in [0.15, 0.2) is 0 Å². The van der Waals surface area contributed by atoms with Gasteiger partial charge in [0.05, 0.1) is 5.69 Å². The maximum atomic E-state index is 13.1. The van der Waals surface area contributed by atoms with Gasteiger partial charge in [0.2, 0.25) is 0 Å². The van der Waals surface area contributed by atoms with E-state index in [1.54, 1.807) is 30.7 Å². The van der Waals surface area contributed by atoms with Gasteiger partial charge >= 0.3 is 0 Å². The zero-order chi connectivity index (χ0) is 14.7. The lowest BCUT2D eigenvalue weighted by atomic mass is 9.93. The first kappa shape index (κ1) is 14.1. The molecule has 3 atom stereocenters. The number of benzene rings is 1. The van der Waals surface area contributed by atoms with Gasteiger partial charge in [-0.15, -0.1) is 0 Å². The molecule has 0 radical (unpaired) electrons. The Kier molecular flexibility index (Phi) is 4.25. The Morgan fingerprint density at radius 2 is 2.00 bits per heavy atom. The molecule has 21 heavy (non-hydrogen) atoms. The third kappa shape index (κ3) is 3.27. The monoisotopic (exact) mass is 285 g/mol. The highest BCUT2D eigenvalue weighted by Gasteiger charge is 2.29. The van der Waals surface area contributed by atoms with Gasteiger partial charge in [0.1, 0.15) is 5.82 Å². The van der Waals surface area contributed by atoms with E-state index >= 15 is 0 Å². The zero-order valence-corrected chi connectivity index (χ0v) is 12.2. The van der Waals surface area contributed by atoms with Gasteiger partial charge in [-0.25, -0.2) is 4.39 Å². The lowest BCUT2D eigenvalue weighted by molar-refractivity contribution is 0.422. The first-order chi connectivity index (χ1) is 10.2. The van der Waals surface area contributed by atoms with Gasteiger partial charge in [0.25, 0.3) is 0 Å². The molecule has 4 heteroatoms. The lowest BCUT2D eigenvalue weighted by Crippen LogP contribution is -2.33. The minimum Gasteiger partial charge on any atom is -0.305 e. The summed E-state index contributed by atoms with van der Waals surface area (Å²) in [6.07, 6.45) is 8.71. The molecule has 3 nitrogen and oxygen atoms in total. The average Bonchev–Trinajstić information content (AvgIpc) is 2.97. The maximum Gasteiger partial charge on any atom is 0.123 e. The Bertz CT molecular complexity index is 570. The topological polar surface area (TPSA) is 37.8 Å². The van der Waals surface area contributed by atoms with Crippen molar-refractivity contribution in [3.63, 3.8) is 0 Å². The van der Waals surface area contributed by atoms with Crippen molar-refractivity contribution in [2.75, 3.05) is 0 Å². The lowest BCUT2D eigenvalue weighted by Gasteiger charge is -2.25. The predicted octanol–water partition coefficient (Wildman–Crippen LogP) is 3.60. The van der Waals surface area contributed by atoms with Crippen molar-refractivity contribution in [1.82, 2.24) is 15.3 Å². The van der Waals surface area contributed by atoms with Crippen molar-refractivity contribution in [3.8, 4) is 0 Å². The Balaban J connectivity index is 1.71. The number of halogens is 1. The van der Waals surface area contributed by atoms with Crippen LogP contribution < -0.4 is 5.32 Å². The summed E-state index contributed by atoms with van der Waals surface area (Å²) in [6, 6.07) is 7.50. The fourth-order valence-corrected chi connectivity index (χ4v) is 3.21. The second-order valence-electron chi connectivity index (χ2n) is 5.71. The maximum absolute atomic E-state index is 13.1. The second-order valence-corrected chi connectivity index (χ2v) is 5.71. The largest absolute Gasteiger partial charge is 0.305 e. The van der Waals surface area contributed by atoms with Crippen LogP contribution in [-0.2, 0) is 0 Å². The summed E-state index contributed by atoms with van der Waals surface area (Å²) in [5.74, 6) is 0.277. The highest BCUT2D eigenvalue weighted by atomic mass is 19.1. The van der Waals surface area contributed by atoms with Crippen molar-refractivity contribution in [1.29, 1.82) is 0 Å². The van der Waals surface area contributed by atoms with Crippen LogP contribution in [0.15, 0.2) is 42.9 Å². The summed E-state index contributed by atoms with van der Waals surface area (Å²) in [5.41, 5.74) is 2.18. The average molecular weight is 285 g/mol. The van der Waals surface area contributed by atoms with E-state index in [0.29, 0.717) is 12.0 Å². The molecule has 0 bridgehead atoms. The quantitative estimate of drug-likeness (QED) is 0.932. The van der Waals surface area contributed by atoms with Crippen LogP contribution in [-0.4, -0.2) is 16.0 Å². The molecule has 1 saturated carbocycles. The van der Waals surface area contributed by atoms with Crippen LogP contribution in [0.5, 0.6) is 0 Å². The molecule has 1 aliphatic rings. The van der Waals surface area contributed by atoms with Crippen molar-refractivity contribution in [2.24, 2.45) is 0 Å². The van der Waals surface area contributed by atoms with Gasteiger partial charge in [-0.05, 0) is 43.4 Å². The van der Waals surface area contributed by atoms with Crippen LogP contribution in [0.3, 0.4) is 0 Å². The summed E-state index contributed by atoms with van der Waals surface area (Å²) < 4.78 is 13.1. The number of rotatable bonds is 4. The summed E-state index contributed by atoms with van der Waals surface area (Å²) in [5, 5.41) is 3.66. The molecule has 3 rings (SSSR count). The number of aromatic nitrogens is 2. The van der Waals surface area contributed by atoms with Gasteiger partial charge in [-0.2, -0.15) is 0 Å². The number of nitrogens with one attached hydrogen (secondary N) is 1. The van der Waals surface area contributed by atoms with Crippen LogP contribution in [0, 0.1) is 5.82 Å². The van der Waals surface area contributed by atoms with Gasteiger partial charge < -0.3 is 5.32 Å². The third-order valence-electron chi connectivity index (χ3n) is 4.30. The van der Waals surface area contributed by atoms with Crippen molar-refractivity contribution in [2.45, 2.75) is 44.2 Å². The van der Waals surface area contributed by atoms with Crippen LogP contribution in [0.2, 0.25) is 0 Å². The molecule has 0 amide bonds. The van der Waals surface area contributed by atoms with Gasteiger partial charge in [0, 0.05) is 30.7 Å². The van der Waals surface area contributed by atoms with Gasteiger partial charge in [-0.1, -0.05) is 18.6 Å². The highest BCUT2D eigenvalue weighted by molar-refractivity contribution is 5.23. The van der Waals surface area contributed by atoms with Crippen LogP contribution in [0.4, 0.5) is 4.39 Å².